The van der Waals surface area contributed by atoms with Crippen molar-refractivity contribution in [1.82, 2.24) is 10.2 Å². The number of hydrogen-bond donors (Lipinski definition) is 1. The van der Waals surface area contributed by atoms with Crippen molar-refractivity contribution in [3.05, 3.63) is 29.6 Å². The van der Waals surface area contributed by atoms with Gasteiger partial charge in [-0.15, -0.1) is 24.8 Å². The molecule has 0 spiro atoms. The van der Waals surface area contributed by atoms with E-state index in [0.717, 1.165) is 31.7 Å². The lowest BCUT2D eigenvalue weighted by Gasteiger charge is -2.41. The minimum Gasteiger partial charge on any atom is -0.497 e. The zero-order valence-corrected chi connectivity index (χ0v) is 15.9. The number of ether oxygens (including phenoxy) is 1. The van der Waals surface area contributed by atoms with Crippen LogP contribution in [0.1, 0.15) is 43.7 Å². The molecule has 2 aliphatic rings. The van der Waals surface area contributed by atoms with E-state index in [0.29, 0.717) is 11.7 Å². The number of rotatable bonds is 4. The molecule has 3 rings (SSSR count). The molecule has 0 unspecified atom stereocenters. The monoisotopic (exact) mass is 378 g/mol. The molecule has 2 fully saturated rings. The number of methoxy groups -OCH3 is 1. The summed E-state index contributed by atoms with van der Waals surface area (Å²) < 4.78 is 19.8. The van der Waals surface area contributed by atoms with E-state index in [1.54, 1.807) is 7.11 Å². The Labute approximate surface area is 157 Å². The predicted molar refractivity (Wildman–Crippen MR) is 101 cm³/mol. The van der Waals surface area contributed by atoms with E-state index in [1.807, 2.05) is 12.1 Å². The van der Waals surface area contributed by atoms with Crippen molar-refractivity contribution < 1.29 is 9.13 Å². The standard InChI is InChI=1S/C18H27FN2O.2ClH/c1-22-15-7-8-16(17(19)13-15)18(14-5-3-2-4-6-14)21-11-9-20-10-12-21;;/h7-8,13-14,18,20H,2-6,9-12H2,1H3;2*1H/t18-;;/m1../s1. The average molecular weight is 379 g/mol. The number of nitrogens with zero attached hydrogens (tertiary/aromatic N) is 1. The van der Waals surface area contributed by atoms with Crippen LogP contribution in [0.5, 0.6) is 5.75 Å². The van der Waals surface area contributed by atoms with Gasteiger partial charge in [-0.05, 0) is 24.8 Å². The van der Waals surface area contributed by atoms with Gasteiger partial charge in [0, 0.05) is 43.9 Å². The Bertz CT molecular complexity index is 474. The number of piperazine rings is 1. The van der Waals surface area contributed by atoms with Crippen molar-refractivity contribution in [2.24, 2.45) is 5.92 Å². The fourth-order valence-electron chi connectivity index (χ4n) is 4.03. The Morgan fingerprint density at radius 3 is 2.38 bits per heavy atom. The van der Waals surface area contributed by atoms with E-state index in [4.69, 9.17) is 4.74 Å². The summed E-state index contributed by atoms with van der Waals surface area (Å²) in [4.78, 5) is 2.48. The molecule has 1 saturated carbocycles. The van der Waals surface area contributed by atoms with Gasteiger partial charge in [-0.25, -0.2) is 4.39 Å². The largest absolute Gasteiger partial charge is 0.497 e. The van der Waals surface area contributed by atoms with Crippen LogP contribution in [0.3, 0.4) is 0 Å². The maximum absolute atomic E-state index is 14.7. The Balaban J connectivity index is 0.00000144. The zero-order chi connectivity index (χ0) is 15.4. The lowest BCUT2D eigenvalue weighted by atomic mass is 9.80. The third-order valence-corrected chi connectivity index (χ3v) is 5.17. The topological polar surface area (TPSA) is 24.5 Å². The van der Waals surface area contributed by atoms with E-state index < -0.39 is 0 Å². The molecule has 1 aromatic rings. The summed E-state index contributed by atoms with van der Waals surface area (Å²) in [6.07, 6.45) is 6.34. The second-order valence-electron chi connectivity index (χ2n) is 6.52. The summed E-state index contributed by atoms with van der Waals surface area (Å²) in [6, 6.07) is 5.59. The van der Waals surface area contributed by atoms with E-state index >= 15 is 0 Å². The van der Waals surface area contributed by atoms with Crippen LogP contribution in [0.2, 0.25) is 0 Å². The fourth-order valence-corrected chi connectivity index (χ4v) is 4.03. The Morgan fingerprint density at radius 2 is 1.79 bits per heavy atom. The van der Waals surface area contributed by atoms with Gasteiger partial charge in [0.1, 0.15) is 11.6 Å². The number of halogens is 3. The highest BCUT2D eigenvalue weighted by Crippen LogP contribution is 2.40. The Morgan fingerprint density at radius 1 is 1.12 bits per heavy atom. The minimum absolute atomic E-state index is 0. The van der Waals surface area contributed by atoms with Crippen molar-refractivity contribution >= 4 is 24.8 Å². The highest BCUT2D eigenvalue weighted by molar-refractivity contribution is 5.85. The molecule has 3 nitrogen and oxygen atoms in total. The summed E-state index contributed by atoms with van der Waals surface area (Å²) in [6.45, 7) is 4.02. The molecule has 1 heterocycles. The van der Waals surface area contributed by atoms with Crippen molar-refractivity contribution in [1.29, 1.82) is 0 Å². The molecule has 1 aliphatic heterocycles. The molecule has 1 saturated heterocycles. The third kappa shape index (κ3) is 4.98. The highest BCUT2D eigenvalue weighted by atomic mass is 35.5. The van der Waals surface area contributed by atoms with Crippen molar-refractivity contribution in [2.75, 3.05) is 33.3 Å². The number of hydrogen-bond acceptors (Lipinski definition) is 3. The van der Waals surface area contributed by atoms with Crippen molar-refractivity contribution in [3.63, 3.8) is 0 Å². The molecule has 0 bridgehead atoms. The molecule has 138 valence electrons. The maximum atomic E-state index is 14.7. The van der Waals surface area contributed by atoms with E-state index in [9.17, 15) is 4.39 Å². The lowest BCUT2D eigenvalue weighted by molar-refractivity contribution is 0.100. The van der Waals surface area contributed by atoms with Crippen LogP contribution >= 0.6 is 24.8 Å². The van der Waals surface area contributed by atoms with E-state index in [1.165, 1.54) is 38.2 Å². The number of nitrogens with one attached hydrogen (secondary N) is 1. The van der Waals surface area contributed by atoms with Crippen molar-refractivity contribution in [2.45, 2.75) is 38.1 Å². The minimum atomic E-state index is -0.117. The van der Waals surface area contributed by atoms with Crippen LogP contribution in [0.25, 0.3) is 0 Å². The first kappa shape index (κ1) is 21.5. The Hall–Kier alpha value is -0.550. The van der Waals surface area contributed by atoms with Gasteiger partial charge in [0.2, 0.25) is 0 Å². The van der Waals surface area contributed by atoms with Gasteiger partial charge in [-0.2, -0.15) is 0 Å². The van der Waals surface area contributed by atoms with Crippen molar-refractivity contribution in [3.8, 4) is 5.75 Å². The second-order valence-corrected chi connectivity index (χ2v) is 6.52. The summed E-state index contributed by atoms with van der Waals surface area (Å²) in [5.41, 5.74) is 0.856. The first-order valence-corrected chi connectivity index (χ1v) is 8.58. The van der Waals surface area contributed by atoms with Gasteiger partial charge < -0.3 is 10.1 Å². The molecule has 1 aromatic carbocycles. The molecular formula is C18H29Cl2FN2O. The predicted octanol–water partition coefficient (Wildman–Crippen LogP) is 4.20. The van der Waals surface area contributed by atoms with E-state index in [2.05, 4.69) is 10.2 Å². The maximum Gasteiger partial charge on any atom is 0.131 e. The SMILES string of the molecule is COc1ccc([C@@H](C2CCCCC2)N2CCNCC2)c(F)c1.Cl.Cl. The third-order valence-electron chi connectivity index (χ3n) is 5.17. The summed E-state index contributed by atoms with van der Waals surface area (Å²) in [5.74, 6) is 1.06. The van der Waals surface area contributed by atoms with Gasteiger partial charge in [0.05, 0.1) is 7.11 Å². The van der Waals surface area contributed by atoms with Crippen LogP contribution < -0.4 is 10.1 Å². The van der Waals surface area contributed by atoms with Gasteiger partial charge in [0.25, 0.3) is 0 Å². The molecule has 6 heteroatoms. The Kier molecular flexibility index (Phi) is 9.35. The van der Waals surface area contributed by atoms with Gasteiger partial charge in [0.15, 0.2) is 0 Å². The van der Waals surface area contributed by atoms with E-state index in [-0.39, 0.29) is 36.7 Å². The second kappa shape index (κ2) is 10.4. The van der Waals surface area contributed by atoms with Crippen LogP contribution in [0.15, 0.2) is 18.2 Å². The van der Waals surface area contributed by atoms with Gasteiger partial charge in [-0.1, -0.05) is 25.3 Å². The molecule has 0 aromatic heterocycles. The smallest absolute Gasteiger partial charge is 0.131 e. The zero-order valence-electron chi connectivity index (χ0n) is 14.3. The fraction of sp³-hybridized carbons (Fsp3) is 0.667. The normalized spacial score (nSPS) is 20.6. The van der Waals surface area contributed by atoms with Gasteiger partial charge in [-0.3, -0.25) is 4.90 Å². The quantitative estimate of drug-likeness (QED) is 0.849. The molecule has 0 amide bonds. The molecule has 24 heavy (non-hydrogen) atoms. The van der Waals surface area contributed by atoms with Crippen LogP contribution in [0.4, 0.5) is 4.39 Å². The highest BCUT2D eigenvalue weighted by Gasteiger charge is 2.32. The average Bonchev–Trinajstić information content (AvgIpc) is 2.58. The molecule has 0 radical (unpaired) electrons. The number of benzene rings is 1. The first-order chi connectivity index (χ1) is 10.8. The van der Waals surface area contributed by atoms with Crippen LogP contribution in [-0.4, -0.2) is 38.2 Å². The lowest BCUT2D eigenvalue weighted by Crippen LogP contribution is -2.47. The molecule has 1 aliphatic carbocycles. The molecule has 1 atom stereocenters. The van der Waals surface area contributed by atoms with Crippen LogP contribution in [0, 0.1) is 11.7 Å². The summed E-state index contributed by atoms with van der Waals surface area (Å²) in [7, 11) is 1.59. The molecule has 1 N–H and O–H groups in total. The van der Waals surface area contributed by atoms with Crippen LogP contribution in [-0.2, 0) is 0 Å². The molecular weight excluding hydrogens is 350 g/mol. The summed E-state index contributed by atoms with van der Waals surface area (Å²) in [5, 5.41) is 3.40. The van der Waals surface area contributed by atoms with Gasteiger partial charge >= 0.3 is 0 Å². The summed E-state index contributed by atoms with van der Waals surface area (Å²) >= 11 is 0. The first-order valence-electron chi connectivity index (χ1n) is 8.58.